The Kier molecular flexibility index (Phi) is 4.84. The SMILES string of the molecule is CCN(c1ccccc1)c1nccc(NCc2ccccc2)n1. The molecular weight excluding hydrogens is 284 g/mol. The van der Waals surface area contributed by atoms with E-state index in [1.807, 2.05) is 42.5 Å². The second kappa shape index (κ2) is 7.40. The van der Waals surface area contributed by atoms with Crippen LogP contribution in [0.15, 0.2) is 72.9 Å². The van der Waals surface area contributed by atoms with E-state index in [1.165, 1.54) is 5.56 Å². The quantitative estimate of drug-likeness (QED) is 0.739. The fraction of sp³-hybridized carbons (Fsp3) is 0.158. The van der Waals surface area contributed by atoms with Crippen molar-refractivity contribution < 1.29 is 0 Å². The predicted octanol–water partition coefficient (Wildman–Crippen LogP) is 4.25. The lowest BCUT2D eigenvalue weighted by molar-refractivity contribution is 0.942. The molecule has 0 spiro atoms. The molecule has 116 valence electrons. The fourth-order valence-electron chi connectivity index (χ4n) is 2.41. The average Bonchev–Trinajstić information content (AvgIpc) is 2.63. The second-order valence-corrected chi connectivity index (χ2v) is 5.16. The van der Waals surface area contributed by atoms with E-state index < -0.39 is 0 Å². The van der Waals surface area contributed by atoms with E-state index in [2.05, 4.69) is 51.4 Å². The summed E-state index contributed by atoms with van der Waals surface area (Å²) in [5, 5.41) is 3.35. The van der Waals surface area contributed by atoms with Crippen LogP contribution in [-0.2, 0) is 6.54 Å². The highest BCUT2D eigenvalue weighted by Crippen LogP contribution is 2.22. The fourth-order valence-corrected chi connectivity index (χ4v) is 2.41. The molecule has 0 amide bonds. The molecule has 0 aliphatic carbocycles. The largest absolute Gasteiger partial charge is 0.366 e. The third kappa shape index (κ3) is 3.86. The number of benzene rings is 2. The van der Waals surface area contributed by atoms with Crippen molar-refractivity contribution in [1.82, 2.24) is 9.97 Å². The van der Waals surface area contributed by atoms with E-state index in [-0.39, 0.29) is 0 Å². The first-order valence-electron chi connectivity index (χ1n) is 7.80. The van der Waals surface area contributed by atoms with Gasteiger partial charge >= 0.3 is 0 Å². The van der Waals surface area contributed by atoms with Gasteiger partial charge in [-0.15, -0.1) is 0 Å². The van der Waals surface area contributed by atoms with Crippen molar-refractivity contribution in [3.05, 3.63) is 78.5 Å². The van der Waals surface area contributed by atoms with Crippen LogP contribution >= 0.6 is 0 Å². The van der Waals surface area contributed by atoms with Crippen LogP contribution in [0.3, 0.4) is 0 Å². The van der Waals surface area contributed by atoms with Gasteiger partial charge in [-0.25, -0.2) is 4.98 Å². The summed E-state index contributed by atoms with van der Waals surface area (Å²) in [6.07, 6.45) is 1.79. The maximum absolute atomic E-state index is 4.64. The van der Waals surface area contributed by atoms with E-state index in [1.54, 1.807) is 6.20 Å². The molecule has 0 aliphatic rings. The molecule has 1 heterocycles. The molecule has 0 atom stereocenters. The smallest absolute Gasteiger partial charge is 0.231 e. The van der Waals surface area contributed by atoms with Gasteiger partial charge in [-0.1, -0.05) is 48.5 Å². The Morgan fingerprint density at radius 2 is 1.61 bits per heavy atom. The van der Waals surface area contributed by atoms with Gasteiger partial charge < -0.3 is 10.2 Å². The van der Waals surface area contributed by atoms with Crippen LogP contribution in [0, 0.1) is 0 Å². The Morgan fingerprint density at radius 1 is 0.913 bits per heavy atom. The minimum Gasteiger partial charge on any atom is -0.366 e. The maximum Gasteiger partial charge on any atom is 0.231 e. The summed E-state index contributed by atoms with van der Waals surface area (Å²) < 4.78 is 0. The minimum atomic E-state index is 0.705. The molecule has 3 rings (SSSR count). The number of hydrogen-bond acceptors (Lipinski definition) is 4. The van der Waals surface area contributed by atoms with E-state index in [9.17, 15) is 0 Å². The molecule has 4 heteroatoms. The van der Waals surface area contributed by atoms with E-state index in [4.69, 9.17) is 0 Å². The van der Waals surface area contributed by atoms with Crippen molar-refractivity contribution in [2.45, 2.75) is 13.5 Å². The van der Waals surface area contributed by atoms with Crippen molar-refractivity contribution in [1.29, 1.82) is 0 Å². The van der Waals surface area contributed by atoms with Crippen molar-refractivity contribution in [2.75, 3.05) is 16.8 Å². The minimum absolute atomic E-state index is 0.705. The van der Waals surface area contributed by atoms with Crippen molar-refractivity contribution >= 4 is 17.5 Å². The number of rotatable bonds is 6. The first-order valence-corrected chi connectivity index (χ1v) is 7.80. The predicted molar refractivity (Wildman–Crippen MR) is 94.9 cm³/mol. The zero-order chi connectivity index (χ0) is 15.9. The highest BCUT2D eigenvalue weighted by Gasteiger charge is 2.10. The van der Waals surface area contributed by atoms with Gasteiger partial charge in [0.1, 0.15) is 5.82 Å². The Labute approximate surface area is 136 Å². The summed E-state index contributed by atoms with van der Waals surface area (Å²) in [4.78, 5) is 11.1. The van der Waals surface area contributed by atoms with Crippen LogP contribution in [-0.4, -0.2) is 16.5 Å². The monoisotopic (exact) mass is 304 g/mol. The molecule has 0 fully saturated rings. The highest BCUT2D eigenvalue weighted by molar-refractivity contribution is 5.58. The van der Waals surface area contributed by atoms with Gasteiger partial charge in [0, 0.05) is 25.0 Å². The Balaban J connectivity index is 1.76. The highest BCUT2D eigenvalue weighted by atomic mass is 15.3. The first kappa shape index (κ1) is 15.0. The molecule has 3 aromatic rings. The Bertz CT molecular complexity index is 729. The lowest BCUT2D eigenvalue weighted by Crippen LogP contribution is -2.19. The van der Waals surface area contributed by atoms with Gasteiger partial charge in [-0.2, -0.15) is 4.98 Å². The van der Waals surface area contributed by atoms with Crippen molar-refractivity contribution in [3.8, 4) is 0 Å². The molecule has 1 aromatic heterocycles. The molecule has 23 heavy (non-hydrogen) atoms. The number of nitrogens with one attached hydrogen (secondary N) is 1. The summed E-state index contributed by atoms with van der Waals surface area (Å²) >= 11 is 0. The zero-order valence-corrected chi connectivity index (χ0v) is 13.2. The van der Waals surface area contributed by atoms with Crippen LogP contribution in [0.25, 0.3) is 0 Å². The lowest BCUT2D eigenvalue weighted by atomic mass is 10.2. The first-order chi connectivity index (χ1) is 11.4. The molecule has 0 saturated heterocycles. The van der Waals surface area contributed by atoms with Gasteiger partial charge in [0.05, 0.1) is 0 Å². The van der Waals surface area contributed by atoms with Gasteiger partial charge in [0.15, 0.2) is 0 Å². The number of aromatic nitrogens is 2. The van der Waals surface area contributed by atoms with E-state index in [0.717, 1.165) is 24.6 Å². The van der Waals surface area contributed by atoms with Gasteiger partial charge in [0.2, 0.25) is 5.95 Å². The second-order valence-electron chi connectivity index (χ2n) is 5.16. The van der Waals surface area contributed by atoms with Gasteiger partial charge in [-0.3, -0.25) is 0 Å². The van der Waals surface area contributed by atoms with Crippen LogP contribution < -0.4 is 10.2 Å². The molecule has 0 bridgehead atoms. The normalized spacial score (nSPS) is 10.3. The summed E-state index contributed by atoms with van der Waals surface area (Å²) in [6, 6.07) is 22.4. The van der Waals surface area contributed by atoms with Crippen LogP contribution in [0.1, 0.15) is 12.5 Å². The summed E-state index contributed by atoms with van der Waals surface area (Å²) in [7, 11) is 0. The van der Waals surface area contributed by atoms with Crippen LogP contribution in [0.4, 0.5) is 17.5 Å². The van der Waals surface area contributed by atoms with Crippen LogP contribution in [0.2, 0.25) is 0 Å². The van der Waals surface area contributed by atoms with E-state index in [0.29, 0.717) is 5.95 Å². The molecule has 0 saturated carbocycles. The molecular formula is C19H20N4. The van der Waals surface area contributed by atoms with Crippen molar-refractivity contribution in [2.24, 2.45) is 0 Å². The lowest BCUT2D eigenvalue weighted by Gasteiger charge is -2.21. The number of nitrogens with zero attached hydrogens (tertiary/aromatic N) is 3. The standard InChI is InChI=1S/C19H20N4/c1-2-23(17-11-7-4-8-12-17)19-20-14-13-18(22-19)21-15-16-9-5-3-6-10-16/h3-14H,2,15H2,1H3,(H,20,21,22). The maximum atomic E-state index is 4.64. The number of hydrogen-bond donors (Lipinski definition) is 1. The van der Waals surface area contributed by atoms with Gasteiger partial charge in [-0.05, 0) is 30.7 Å². The average molecular weight is 304 g/mol. The van der Waals surface area contributed by atoms with Gasteiger partial charge in [0.25, 0.3) is 0 Å². The Hall–Kier alpha value is -2.88. The molecule has 4 nitrogen and oxygen atoms in total. The number of anilines is 3. The van der Waals surface area contributed by atoms with E-state index >= 15 is 0 Å². The summed E-state index contributed by atoms with van der Waals surface area (Å²) in [5.41, 5.74) is 2.32. The van der Waals surface area contributed by atoms with Crippen molar-refractivity contribution in [3.63, 3.8) is 0 Å². The van der Waals surface area contributed by atoms with Crippen LogP contribution in [0.5, 0.6) is 0 Å². The third-order valence-corrected chi connectivity index (χ3v) is 3.58. The molecule has 0 radical (unpaired) electrons. The zero-order valence-electron chi connectivity index (χ0n) is 13.2. The molecule has 2 aromatic carbocycles. The molecule has 1 N–H and O–H groups in total. The molecule has 0 unspecified atom stereocenters. The molecule has 0 aliphatic heterocycles. The summed E-state index contributed by atoms with van der Waals surface area (Å²) in [6.45, 7) is 3.65. The number of para-hydroxylation sites is 1. The Morgan fingerprint density at radius 3 is 2.30 bits per heavy atom. The third-order valence-electron chi connectivity index (χ3n) is 3.58. The summed E-state index contributed by atoms with van der Waals surface area (Å²) in [5.74, 6) is 1.53. The topological polar surface area (TPSA) is 41.1 Å².